The van der Waals surface area contributed by atoms with Gasteiger partial charge in [0.1, 0.15) is 0 Å². The molecule has 0 saturated carbocycles. The minimum absolute atomic E-state index is 0.00235. The molecule has 0 amide bonds. The monoisotopic (exact) mass is 1010 g/mol. The molecule has 6 heteroatoms. The summed E-state index contributed by atoms with van der Waals surface area (Å²) in [6.45, 7) is 28.5. The zero-order valence-electron chi connectivity index (χ0n) is 45.1. The van der Waals surface area contributed by atoms with Gasteiger partial charge in [-0.25, -0.2) is 0 Å². The molecule has 2 aromatic heterocycles. The van der Waals surface area contributed by atoms with Crippen molar-refractivity contribution in [3.05, 3.63) is 179 Å². The van der Waals surface area contributed by atoms with Gasteiger partial charge in [-0.3, -0.25) is 0 Å². The van der Waals surface area contributed by atoms with E-state index in [2.05, 4.69) is 255 Å². The summed E-state index contributed by atoms with van der Waals surface area (Å²) in [5, 5.41) is 1.44. The van der Waals surface area contributed by atoms with E-state index >= 15 is 0 Å². The van der Waals surface area contributed by atoms with Crippen LogP contribution in [0.5, 0.6) is 11.5 Å². The number of anilines is 4. The Balaban J connectivity index is 1.04. The van der Waals surface area contributed by atoms with Crippen molar-refractivity contribution in [1.29, 1.82) is 0 Å². The number of ether oxygens (including phenoxy) is 1. The number of aromatic nitrogens is 2. The summed E-state index contributed by atoms with van der Waals surface area (Å²) in [7, 11) is 0. The van der Waals surface area contributed by atoms with Crippen molar-refractivity contribution in [1.82, 2.24) is 9.55 Å². The van der Waals surface area contributed by atoms with Gasteiger partial charge in [-0.05, 0) is 56.2 Å². The first kappa shape index (κ1) is 48.0. The van der Waals surface area contributed by atoms with Crippen LogP contribution in [0.25, 0.3) is 45.1 Å². The van der Waals surface area contributed by atoms with Gasteiger partial charge >= 0.3 is 267 Å². The van der Waals surface area contributed by atoms with Gasteiger partial charge in [-0.15, -0.1) is 0 Å². The van der Waals surface area contributed by atoms with Gasteiger partial charge in [0.25, 0.3) is 0 Å². The van der Waals surface area contributed by atoms with Crippen molar-refractivity contribution in [3.63, 3.8) is 0 Å². The molecule has 0 fully saturated rings. The minimum atomic E-state index is -2.55. The fourth-order valence-corrected chi connectivity index (χ4v) is 19.0. The van der Waals surface area contributed by atoms with Crippen LogP contribution >= 0.6 is 0 Å². The molecular formula is C66H72GeN4O. The molecule has 5 nitrogen and oxygen atoms in total. The van der Waals surface area contributed by atoms with Crippen LogP contribution in [0, 0.1) is 0 Å². The van der Waals surface area contributed by atoms with Gasteiger partial charge in [0.2, 0.25) is 0 Å². The van der Waals surface area contributed by atoms with Crippen LogP contribution in [-0.2, 0) is 21.7 Å². The third-order valence-corrected chi connectivity index (χ3v) is 24.4. The predicted octanol–water partition coefficient (Wildman–Crippen LogP) is 17.6. The number of rotatable bonds is 7. The second-order valence-electron chi connectivity index (χ2n) is 25.5. The van der Waals surface area contributed by atoms with Gasteiger partial charge in [0, 0.05) is 0 Å². The fraction of sp³-hybridized carbons (Fsp3) is 0.318. The summed E-state index contributed by atoms with van der Waals surface area (Å²) in [6, 6.07) is 50.1. The standard InChI is InChI=1S/C66H72GeN4O/c1-63(2,3)44-30-31-68-59(37-44)71-57-29-21-26-53-60(57)61-54(67(53,13)14)39-50(40-58(61)71)72-49-25-20-24-48(38-49)69-41-70(56-28-19-18-27-55(56)69)62-51(42-22-16-15-17-23-42)35-47(66(10,11)12)36-52(62)43-32-45(64(4,5)6)34-46(33-43)65(7,8)9/h15-25,27-40,53H,26,41H2,1-14H3. The minimum Gasteiger partial charge on any atom is -0.0561 e. The predicted molar refractivity (Wildman–Crippen MR) is 309 cm³/mol. The molecule has 0 bridgehead atoms. The number of allylic oxidation sites excluding steroid dienone is 1. The third kappa shape index (κ3) is 8.20. The van der Waals surface area contributed by atoms with E-state index in [4.69, 9.17) is 9.72 Å². The molecule has 2 aliphatic heterocycles. The fourth-order valence-electron chi connectivity index (χ4n) is 11.6. The van der Waals surface area contributed by atoms with Gasteiger partial charge < -0.3 is 0 Å². The normalized spacial score (nSPS) is 16.2. The van der Waals surface area contributed by atoms with Crippen LogP contribution in [0.1, 0.15) is 128 Å². The Bertz CT molecular complexity index is 3440. The van der Waals surface area contributed by atoms with E-state index in [0.717, 1.165) is 29.4 Å². The van der Waals surface area contributed by atoms with Crippen LogP contribution in [0.3, 0.4) is 0 Å². The summed E-state index contributed by atoms with van der Waals surface area (Å²) < 4.78 is 11.6. The Morgan fingerprint density at radius 1 is 0.556 bits per heavy atom. The summed E-state index contributed by atoms with van der Waals surface area (Å²) in [6.07, 6.45) is 7.84. The molecule has 1 aliphatic carbocycles. The summed E-state index contributed by atoms with van der Waals surface area (Å²) in [4.78, 5) is 10.1. The second kappa shape index (κ2) is 16.9. The number of hydrogen-bond donors (Lipinski definition) is 0. The first-order valence-corrected chi connectivity index (χ1v) is 32.6. The topological polar surface area (TPSA) is 33.5 Å². The summed E-state index contributed by atoms with van der Waals surface area (Å²) in [5.74, 6) is 7.87. The molecule has 0 N–H and O–H groups in total. The molecule has 8 aromatic rings. The summed E-state index contributed by atoms with van der Waals surface area (Å²) in [5.41, 5.74) is 18.7. The van der Waals surface area contributed by atoms with Crippen LogP contribution in [0.2, 0.25) is 11.5 Å². The molecule has 3 aliphatic rings. The van der Waals surface area contributed by atoms with Crippen LogP contribution in [0.4, 0.5) is 22.7 Å². The van der Waals surface area contributed by atoms with Gasteiger partial charge in [-0.1, -0.05) is 111 Å². The maximum absolute atomic E-state index is 7.12. The van der Waals surface area contributed by atoms with Crippen molar-refractivity contribution in [3.8, 4) is 39.6 Å². The Kier molecular flexibility index (Phi) is 11.2. The van der Waals surface area contributed by atoms with E-state index in [9.17, 15) is 0 Å². The van der Waals surface area contributed by atoms with Crippen molar-refractivity contribution in [2.24, 2.45) is 0 Å². The number of para-hydroxylation sites is 2. The first-order chi connectivity index (χ1) is 34.0. The molecule has 1 atom stereocenters. The van der Waals surface area contributed by atoms with Crippen LogP contribution in [-0.4, -0.2) is 29.5 Å². The molecule has 6 aromatic carbocycles. The molecule has 0 spiro atoms. The average molecular weight is 1010 g/mol. The first-order valence-electron chi connectivity index (χ1n) is 26.2. The Labute approximate surface area is 432 Å². The Morgan fingerprint density at radius 2 is 1.17 bits per heavy atom. The zero-order valence-corrected chi connectivity index (χ0v) is 47.2. The SMILES string of the molecule is CC(C)(C)c1cc(-c2cc(C(C)(C)C)cc(-c3ccccc3)c2N2CN(c3cccc(Oc4c[c]5c6c7c(n(-c8cc(C(C)(C)C)ccn8)c6c4)C=CC[CH]7[Ge]5([CH3])[CH3])c3)c3ccccc32)cc(C(C)(C)C)c1. The van der Waals surface area contributed by atoms with Crippen molar-refractivity contribution in [2.75, 3.05) is 16.5 Å². The van der Waals surface area contributed by atoms with E-state index in [1.54, 1.807) is 0 Å². The van der Waals surface area contributed by atoms with Gasteiger partial charge in [0.05, 0.1) is 0 Å². The molecule has 0 radical (unpaired) electrons. The molecular weight excluding hydrogens is 937 g/mol. The zero-order chi connectivity index (χ0) is 50.9. The molecule has 11 rings (SSSR count). The van der Waals surface area contributed by atoms with Crippen molar-refractivity contribution in [2.45, 2.75) is 127 Å². The number of hydrogen-bond acceptors (Lipinski definition) is 4. The molecule has 72 heavy (non-hydrogen) atoms. The Morgan fingerprint density at radius 3 is 1.82 bits per heavy atom. The quantitative estimate of drug-likeness (QED) is 0.149. The van der Waals surface area contributed by atoms with Crippen molar-refractivity contribution >= 4 is 57.4 Å². The van der Waals surface area contributed by atoms with E-state index in [1.165, 1.54) is 88.1 Å². The van der Waals surface area contributed by atoms with Crippen LogP contribution in [0.15, 0.2) is 146 Å². The molecule has 366 valence electrons. The number of fused-ring (bicyclic) bond motifs is 1. The van der Waals surface area contributed by atoms with E-state index in [0.29, 0.717) is 11.4 Å². The van der Waals surface area contributed by atoms with E-state index < -0.39 is 13.3 Å². The van der Waals surface area contributed by atoms with Crippen LogP contribution < -0.4 is 18.9 Å². The summed E-state index contributed by atoms with van der Waals surface area (Å²) >= 11 is -2.55. The van der Waals surface area contributed by atoms with E-state index in [-0.39, 0.29) is 21.7 Å². The second-order valence-corrected chi connectivity index (χ2v) is 35.3. The van der Waals surface area contributed by atoms with Gasteiger partial charge in [-0.2, -0.15) is 0 Å². The number of nitrogens with zero attached hydrogens (tertiary/aromatic N) is 4. The van der Waals surface area contributed by atoms with Crippen molar-refractivity contribution < 1.29 is 4.74 Å². The molecule has 1 unspecified atom stereocenters. The smallest absolute Gasteiger partial charge is 0.0132 e. The molecule has 0 saturated heterocycles. The molecule has 4 heterocycles. The number of benzene rings is 6. The Hall–Kier alpha value is -6.31. The van der Waals surface area contributed by atoms with E-state index in [1.807, 2.05) is 6.20 Å². The average Bonchev–Trinajstić information content (AvgIpc) is 3.96. The maximum Gasteiger partial charge on any atom is -0.0132 e. The largest absolute Gasteiger partial charge is 0.0561 e. The van der Waals surface area contributed by atoms with Gasteiger partial charge in [0.15, 0.2) is 0 Å². The number of pyridine rings is 1. The maximum atomic E-state index is 7.12. The third-order valence-electron chi connectivity index (χ3n) is 15.9.